The van der Waals surface area contributed by atoms with Crippen LogP contribution < -0.4 is 0 Å². The number of hydrogen-bond donors (Lipinski definition) is 0. The monoisotopic (exact) mass is 315 g/mol. The summed E-state index contributed by atoms with van der Waals surface area (Å²) in [5, 5.41) is 0.802. The van der Waals surface area contributed by atoms with Gasteiger partial charge in [-0.05, 0) is 44.5 Å². The lowest BCUT2D eigenvalue weighted by Crippen LogP contribution is -2.39. The normalized spacial score (nSPS) is 19.9. The maximum absolute atomic E-state index is 11.9. The standard InChI is InChI=1S/C15H19Cl2NO2/c1-11-4-2-3-7-18(11)8-9-20-15(19)12-5-6-13(16)14(17)10-12/h5-6,10-11H,2-4,7-9H2,1H3. The highest BCUT2D eigenvalue weighted by atomic mass is 35.5. The average molecular weight is 316 g/mol. The molecule has 0 N–H and O–H groups in total. The predicted octanol–water partition coefficient (Wildman–Crippen LogP) is 4.02. The molecule has 1 aliphatic rings. The van der Waals surface area contributed by atoms with Crippen LogP contribution in [0.15, 0.2) is 18.2 Å². The van der Waals surface area contributed by atoms with Crippen molar-refractivity contribution in [3.8, 4) is 0 Å². The van der Waals surface area contributed by atoms with Crippen LogP contribution in [-0.2, 0) is 4.74 Å². The molecule has 1 fully saturated rings. The predicted molar refractivity (Wildman–Crippen MR) is 81.6 cm³/mol. The number of likely N-dealkylation sites (tertiary alicyclic amines) is 1. The molecule has 1 heterocycles. The van der Waals surface area contributed by atoms with Crippen molar-refractivity contribution in [1.82, 2.24) is 4.90 Å². The van der Waals surface area contributed by atoms with E-state index in [-0.39, 0.29) is 5.97 Å². The molecule has 1 unspecified atom stereocenters. The zero-order valence-electron chi connectivity index (χ0n) is 11.6. The summed E-state index contributed by atoms with van der Waals surface area (Å²) in [4.78, 5) is 14.3. The smallest absolute Gasteiger partial charge is 0.338 e. The number of benzene rings is 1. The van der Waals surface area contributed by atoms with E-state index in [0.29, 0.717) is 28.3 Å². The van der Waals surface area contributed by atoms with Crippen molar-refractivity contribution in [2.24, 2.45) is 0 Å². The number of ether oxygens (including phenoxy) is 1. The Labute approximate surface area is 129 Å². The minimum absolute atomic E-state index is 0.353. The van der Waals surface area contributed by atoms with Crippen molar-refractivity contribution in [3.63, 3.8) is 0 Å². The third-order valence-corrected chi connectivity index (χ3v) is 4.45. The zero-order valence-corrected chi connectivity index (χ0v) is 13.1. The summed E-state index contributed by atoms with van der Waals surface area (Å²) in [6.07, 6.45) is 3.74. The van der Waals surface area contributed by atoms with Gasteiger partial charge >= 0.3 is 5.97 Å². The topological polar surface area (TPSA) is 29.5 Å². The van der Waals surface area contributed by atoms with E-state index in [2.05, 4.69) is 11.8 Å². The molecule has 0 aliphatic carbocycles. The molecule has 0 spiro atoms. The molecule has 0 amide bonds. The van der Waals surface area contributed by atoms with E-state index in [9.17, 15) is 4.79 Å². The first-order chi connectivity index (χ1) is 9.58. The Kier molecular flexibility index (Phi) is 5.70. The van der Waals surface area contributed by atoms with E-state index in [1.54, 1.807) is 12.1 Å². The molecule has 5 heteroatoms. The highest BCUT2D eigenvalue weighted by Crippen LogP contribution is 2.23. The second-order valence-electron chi connectivity index (χ2n) is 5.15. The Morgan fingerprint density at radius 3 is 2.85 bits per heavy atom. The van der Waals surface area contributed by atoms with Crippen LogP contribution in [0, 0.1) is 0 Å². The van der Waals surface area contributed by atoms with Crippen LogP contribution in [0.4, 0.5) is 0 Å². The molecule has 1 atom stereocenters. The first kappa shape index (κ1) is 15.6. The SMILES string of the molecule is CC1CCCCN1CCOC(=O)c1ccc(Cl)c(Cl)c1. The van der Waals surface area contributed by atoms with Gasteiger partial charge in [0.2, 0.25) is 0 Å². The third kappa shape index (κ3) is 4.11. The molecular formula is C15H19Cl2NO2. The summed E-state index contributed by atoms with van der Waals surface area (Å²) >= 11 is 11.7. The number of esters is 1. The summed E-state index contributed by atoms with van der Waals surface area (Å²) in [5.74, 6) is -0.353. The summed E-state index contributed by atoms with van der Waals surface area (Å²) in [5.41, 5.74) is 0.436. The second kappa shape index (κ2) is 7.30. The molecule has 0 aromatic heterocycles. The molecule has 3 nitrogen and oxygen atoms in total. The molecule has 0 saturated carbocycles. The molecule has 0 radical (unpaired) electrons. The van der Waals surface area contributed by atoms with E-state index >= 15 is 0 Å². The van der Waals surface area contributed by atoms with Crippen LogP contribution in [0.25, 0.3) is 0 Å². The lowest BCUT2D eigenvalue weighted by molar-refractivity contribution is 0.0416. The molecule has 1 aromatic rings. The summed E-state index contributed by atoms with van der Waals surface area (Å²) in [6, 6.07) is 5.34. The number of hydrogen-bond acceptors (Lipinski definition) is 3. The third-order valence-electron chi connectivity index (χ3n) is 3.71. The van der Waals surface area contributed by atoms with Crippen molar-refractivity contribution in [3.05, 3.63) is 33.8 Å². The number of carbonyl (C=O) groups excluding carboxylic acids is 1. The van der Waals surface area contributed by atoms with Gasteiger partial charge in [-0.1, -0.05) is 29.6 Å². The molecule has 2 rings (SSSR count). The van der Waals surface area contributed by atoms with Gasteiger partial charge in [0, 0.05) is 12.6 Å². The fraction of sp³-hybridized carbons (Fsp3) is 0.533. The van der Waals surface area contributed by atoms with Crippen LogP contribution in [0.3, 0.4) is 0 Å². The Bertz CT molecular complexity index is 479. The van der Waals surface area contributed by atoms with Gasteiger partial charge in [-0.15, -0.1) is 0 Å². The van der Waals surface area contributed by atoms with E-state index in [4.69, 9.17) is 27.9 Å². The van der Waals surface area contributed by atoms with Gasteiger partial charge in [-0.3, -0.25) is 4.90 Å². The zero-order chi connectivity index (χ0) is 14.5. The molecule has 110 valence electrons. The van der Waals surface area contributed by atoms with Crippen LogP contribution in [0.5, 0.6) is 0 Å². The van der Waals surface area contributed by atoms with Crippen LogP contribution in [0.1, 0.15) is 36.5 Å². The fourth-order valence-electron chi connectivity index (χ4n) is 2.45. The Balaban J connectivity index is 1.81. The minimum atomic E-state index is -0.353. The quantitative estimate of drug-likeness (QED) is 0.786. The van der Waals surface area contributed by atoms with Crippen molar-refractivity contribution >= 4 is 29.2 Å². The second-order valence-corrected chi connectivity index (χ2v) is 5.96. The summed E-state index contributed by atoms with van der Waals surface area (Å²) in [6.45, 7) is 4.50. The van der Waals surface area contributed by atoms with Crippen LogP contribution in [-0.4, -0.2) is 36.6 Å². The number of nitrogens with zero attached hydrogens (tertiary/aromatic N) is 1. The highest BCUT2D eigenvalue weighted by Gasteiger charge is 2.18. The van der Waals surface area contributed by atoms with Crippen LogP contribution in [0.2, 0.25) is 10.0 Å². The van der Waals surface area contributed by atoms with E-state index in [1.807, 2.05) is 0 Å². The van der Waals surface area contributed by atoms with Crippen molar-refractivity contribution in [2.75, 3.05) is 19.7 Å². The Morgan fingerprint density at radius 2 is 2.15 bits per heavy atom. The Hall–Kier alpha value is -0.770. The van der Waals surface area contributed by atoms with E-state index in [1.165, 1.54) is 25.3 Å². The summed E-state index contributed by atoms with van der Waals surface area (Å²) in [7, 11) is 0. The number of halogens is 2. The van der Waals surface area contributed by atoms with Gasteiger partial charge in [-0.2, -0.15) is 0 Å². The molecule has 1 aromatic carbocycles. The van der Waals surface area contributed by atoms with Crippen molar-refractivity contribution in [1.29, 1.82) is 0 Å². The van der Waals surface area contributed by atoms with Gasteiger partial charge in [0.15, 0.2) is 0 Å². The summed E-state index contributed by atoms with van der Waals surface area (Å²) < 4.78 is 5.29. The van der Waals surface area contributed by atoms with Gasteiger partial charge < -0.3 is 4.74 Å². The maximum atomic E-state index is 11.9. The van der Waals surface area contributed by atoms with Gasteiger partial charge in [0.05, 0.1) is 15.6 Å². The van der Waals surface area contributed by atoms with Gasteiger partial charge in [0.25, 0.3) is 0 Å². The largest absolute Gasteiger partial charge is 0.461 e. The molecule has 0 bridgehead atoms. The Morgan fingerprint density at radius 1 is 1.35 bits per heavy atom. The van der Waals surface area contributed by atoms with Gasteiger partial charge in [0.1, 0.15) is 6.61 Å². The van der Waals surface area contributed by atoms with E-state index < -0.39 is 0 Å². The first-order valence-corrected chi connectivity index (χ1v) is 7.70. The van der Waals surface area contributed by atoms with Gasteiger partial charge in [-0.25, -0.2) is 4.79 Å². The maximum Gasteiger partial charge on any atom is 0.338 e. The molecule has 1 saturated heterocycles. The number of piperidine rings is 1. The molecule has 1 aliphatic heterocycles. The fourth-order valence-corrected chi connectivity index (χ4v) is 2.75. The van der Waals surface area contributed by atoms with Crippen molar-refractivity contribution < 1.29 is 9.53 Å². The van der Waals surface area contributed by atoms with Crippen LogP contribution >= 0.6 is 23.2 Å². The number of rotatable bonds is 4. The first-order valence-electron chi connectivity index (χ1n) is 6.94. The lowest BCUT2D eigenvalue weighted by Gasteiger charge is -2.32. The highest BCUT2D eigenvalue weighted by molar-refractivity contribution is 6.42. The molecule has 20 heavy (non-hydrogen) atoms. The number of carbonyl (C=O) groups is 1. The minimum Gasteiger partial charge on any atom is -0.461 e. The average Bonchev–Trinajstić information content (AvgIpc) is 2.44. The molecular weight excluding hydrogens is 297 g/mol. The van der Waals surface area contributed by atoms with Crippen molar-refractivity contribution in [2.45, 2.75) is 32.2 Å². The lowest BCUT2D eigenvalue weighted by atomic mass is 10.0. The van der Waals surface area contributed by atoms with E-state index in [0.717, 1.165) is 13.1 Å².